The molecule has 2 atom stereocenters. The number of nitrogens with zero attached hydrogens (tertiary/aromatic N) is 2. The fraction of sp³-hybridized carbons (Fsp3) is 0.355. The van der Waals surface area contributed by atoms with Crippen LogP contribution in [0.2, 0.25) is 5.02 Å². The van der Waals surface area contributed by atoms with E-state index in [1.807, 2.05) is 6.92 Å². The van der Waals surface area contributed by atoms with Crippen LogP contribution in [0.25, 0.3) is 11.0 Å². The van der Waals surface area contributed by atoms with Crippen LogP contribution in [-0.2, 0) is 31.9 Å². The number of fused-ring (bicyclic) bond motifs is 1. The number of rotatable bonds is 11. The molecule has 2 amide bonds. The minimum absolute atomic E-state index is 0.0844. The van der Waals surface area contributed by atoms with E-state index >= 15 is 4.39 Å². The highest BCUT2D eigenvalue weighted by atomic mass is 35.5. The van der Waals surface area contributed by atoms with Crippen LogP contribution in [0, 0.1) is 5.82 Å². The zero-order valence-corrected chi connectivity index (χ0v) is 25.3. The van der Waals surface area contributed by atoms with Crippen molar-refractivity contribution >= 4 is 57.4 Å². The smallest absolute Gasteiger partial charge is 0.305 e. The second-order valence-corrected chi connectivity index (χ2v) is 11.7. The lowest BCUT2D eigenvalue weighted by Crippen LogP contribution is -2.40. The maximum absolute atomic E-state index is 15.4. The number of carbonyl (C=O) groups is 3. The van der Waals surface area contributed by atoms with E-state index in [0.717, 1.165) is 16.0 Å². The van der Waals surface area contributed by atoms with Crippen molar-refractivity contribution in [3.63, 3.8) is 0 Å². The summed E-state index contributed by atoms with van der Waals surface area (Å²) in [6.45, 7) is 2.75. The van der Waals surface area contributed by atoms with Gasteiger partial charge in [-0.2, -0.15) is 0 Å². The Balaban J connectivity index is 1.32. The summed E-state index contributed by atoms with van der Waals surface area (Å²) in [5.41, 5.74) is 1.04. The van der Waals surface area contributed by atoms with Gasteiger partial charge in [-0.25, -0.2) is 9.37 Å². The van der Waals surface area contributed by atoms with Crippen LogP contribution in [0.5, 0.6) is 0 Å². The van der Waals surface area contributed by atoms with Crippen LogP contribution < -0.4 is 5.32 Å². The monoisotopic (exact) mass is 627 g/mol. The van der Waals surface area contributed by atoms with Crippen LogP contribution in [-0.4, -0.2) is 54.0 Å². The highest BCUT2D eigenvalue weighted by Crippen LogP contribution is 2.39. The molecule has 43 heavy (non-hydrogen) atoms. The van der Waals surface area contributed by atoms with E-state index in [9.17, 15) is 14.4 Å². The van der Waals surface area contributed by atoms with Crippen molar-refractivity contribution in [2.24, 2.45) is 0 Å². The summed E-state index contributed by atoms with van der Waals surface area (Å²) >= 11 is 7.92. The number of methoxy groups -OCH3 is 1. The van der Waals surface area contributed by atoms with Gasteiger partial charge in [0, 0.05) is 23.1 Å². The Hall–Kier alpha value is -3.80. The third kappa shape index (κ3) is 6.90. The highest BCUT2D eigenvalue weighted by Gasteiger charge is 2.39. The molecule has 0 bridgehead atoms. The average Bonchev–Trinajstić information content (AvgIpc) is 3.75. The van der Waals surface area contributed by atoms with Crippen LogP contribution in [0.1, 0.15) is 58.0 Å². The number of aromatic nitrogens is 1. The number of likely N-dealkylation sites (tertiary alicyclic amines) is 1. The lowest BCUT2D eigenvalue weighted by atomic mass is 10.1. The van der Waals surface area contributed by atoms with Gasteiger partial charge in [0.25, 0.3) is 5.91 Å². The topological polar surface area (TPSA) is 111 Å². The summed E-state index contributed by atoms with van der Waals surface area (Å²) < 4.78 is 31.2. The summed E-state index contributed by atoms with van der Waals surface area (Å²) in [5, 5.41) is 4.13. The fourth-order valence-electron chi connectivity index (χ4n) is 5.26. The fourth-order valence-corrected chi connectivity index (χ4v) is 6.54. The molecular weight excluding hydrogens is 597 g/mol. The number of halogens is 2. The van der Waals surface area contributed by atoms with E-state index in [1.54, 1.807) is 35.4 Å². The maximum atomic E-state index is 15.4. The van der Waals surface area contributed by atoms with Gasteiger partial charge in [-0.1, -0.05) is 29.8 Å². The van der Waals surface area contributed by atoms with Gasteiger partial charge in [-0.3, -0.25) is 14.4 Å². The summed E-state index contributed by atoms with van der Waals surface area (Å²) in [6, 6.07) is 9.09. The van der Waals surface area contributed by atoms with Crippen molar-refractivity contribution < 1.29 is 32.7 Å². The SMILES string of the molecule is CCOC[C@@H]1CC[C@@H](c2ncc(CCC(=O)OC)s2)N1C(=O)Cc1cc(Cl)c(NC(=O)c2coc3ccccc23)cc1F. The Morgan fingerprint density at radius 1 is 1.23 bits per heavy atom. The molecule has 0 aliphatic carbocycles. The Kier molecular flexibility index (Phi) is 9.74. The number of para-hydroxylation sites is 1. The first-order valence-corrected chi connectivity index (χ1v) is 15.1. The average molecular weight is 628 g/mol. The lowest BCUT2D eigenvalue weighted by Gasteiger charge is -2.29. The van der Waals surface area contributed by atoms with Crippen LogP contribution >= 0.6 is 22.9 Å². The number of nitrogens with one attached hydrogen (secondary N) is 1. The van der Waals surface area contributed by atoms with Gasteiger partial charge in [-0.05, 0) is 49.9 Å². The molecular formula is C31H31ClFN3O6S. The normalized spacial score (nSPS) is 16.5. The van der Waals surface area contributed by atoms with Crippen molar-refractivity contribution in [1.82, 2.24) is 9.88 Å². The molecule has 0 unspecified atom stereocenters. The van der Waals surface area contributed by atoms with Gasteiger partial charge >= 0.3 is 5.97 Å². The lowest BCUT2D eigenvalue weighted by molar-refractivity contribution is -0.140. The Morgan fingerprint density at radius 2 is 2.05 bits per heavy atom. The largest absolute Gasteiger partial charge is 0.469 e. The molecule has 1 fully saturated rings. The number of carbonyl (C=O) groups excluding carboxylic acids is 3. The van der Waals surface area contributed by atoms with E-state index in [0.29, 0.717) is 49.0 Å². The van der Waals surface area contributed by atoms with Crippen molar-refractivity contribution in [1.29, 1.82) is 0 Å². The van der Waals surface area contributed by atoms with Crippen molar-refractivity contribution in [2.75, 3.05) is 25.6 Å². The molecule has 12 heteroatoms. The number of esters is 1. The molecule has 4 aromatic rings. The number of aryl methyl sites for hydroxylation is 1. The first kappa shape index (κ1) is 30.7. The third-order valence-corrected chi connectivity index (χ3v) is 8.89. The zero-order chi connectivity index (χ0) is 30.5. The van der Waals surface area contributed by atoms with E-state index in [-0.39, 0.29) is 53.1 Å². The van der Waals surface area contributed by atoms with Gasteiger partial charge in [-0.15, -0.1) is 11.3 Å². The molecule has 2 aromatic heterocycles. The summed E-state index contributed by atoms with van der Waals surface area (Å²) in [6.07, 6.45) is 4.97. The van der Waals surface area contributed by atoms with Crippen molar-refractivity contribution in [2.45, 2.75) is 51.1 Å². The van der Waals surface area contributed by atoms with E-state index in [2.05, 4.69) is 10.3 Å². The quantitative estimate of drug-likeness (QED) is 0.193. The zero-order valence-electron chi connectivity index (χ0n) is 23.7. The number of amides is 2. The highest BCUT2D eigenvalue weighted by molar-refractivity contribution is 7.11. The van der Waals surface area contributed by atoms with E-state index < -0.39 is 11.7 Å². The van der Waals surface area contributed by atoms with E-state index in [4.69, 9.17) is 25.5 Å². The number of thiazole rings is 1. The Labute approximate surface area is 256 Å². The molecule has 1 N–H and O–H groups in total. The van der Waals surface area contributed by atoms with Gasteiger partial charge in [0.15, 0.2) is 0 Å². The first-order valence-electron chi connectivity index (χ1n) is 13.9. The molecule has 0 spiro atoms. The molecule has 0 saturated carbocycles. The molecule has 3 heterocycles. The van der Waals surface area contributed by atoms with Gasteiger partial charge in [0.2, 0.25) is 5.91 Å². The maximum Gasteiger partial charge on any atom is 0.305 e. The Morgan fingerprint density at radius 3 is 2.84 bits per heavy atom. The number of ether oxygens (including phenoxy) is 2. The minimum atomic E-state index is -0.665. The number of hydrogen-bond acceptors (Lipinski definition) is 8. The molecule has 226 valence electrons. The van der Waals surface area contributed by atoms with Crippen LogP contribution in [0.3, 0.4) is 0 Å². The second-order valence-electron chi connectivity index (χ2n) is 10.1. The summed E-state index contributed by atoms with van der Waals surface area (Å²) in [4.78, 5) is 45.4. The van der Waals surface area contributed by atoms with E-state index in [1.165, 1.54) is 30.8 Å². The summed E-state index contributed by atoms with van der Waals surface area (Å²) in [5.74, 6) is -1.74. The molecule has 5 rings (SSSR count). The van der Waals surface area contributed by atoms with Gasteiger partial charge in [0.05, 0.1) is 54.9 Å². The molecule has 1 aliphatic heterocycles. The third-order valence-electron chi connectivity index (χ3n) is 7.42. The standard InChI is InChI=1S/C31H31ClFN3O6S/c1-3-41-16-19-8-10-26(31-34-15-20(43-31)9-11-29(38)40-2)36(19)28(37)13-18-12-23(32)25(14-24(18)33)35-30(39)22-17-42-27-7-5-4-6-21(22)27/h4-7,12,14-15,17,19,26H,3,8-11,13,16H2,1-2H3,(H,35,39)/t19-,26-/m0/s1. The number of hydrogen-bond donors (Lipinski definition) is 1. The Bertz CT molecular complexity index is 1640. The van der Waals surface area contributed by atoms with Crippen LogP contribution in [0.4, 0.5) is 10.1 Å². The van der Waals surface area contributed by atoms with Crippen molar-refractivity contribution in [3.8, 4) is 0 Å². The number of furan rings is 1. The molecule has 1 saturated heterocycles. The number of anilines is 1. The molecule has 0 radical (unpaired) electrons. The number of benzene rings is 2. The van der Waals surface area contributed by atoms with Gasteiger partial charge in [0.1, 0.15) is 22.7 Å². The van der Waals surface area contributed by atoms with Crippen LogP contribution in [0.15, 0.2) is 53.3 Å². The first-order chi connectivity index (χ1) is 20.8. The minimum Gasteiger partial charge on any atom is -0.469 e. The predicted octanol–water partition coefficient (Wildman–Crippen LogP) is 6.35. The summed E-state index contributed by atoms with van der Waals surface area (Å²) in [7, 11) is 1.35. The van der Waals surface area contributed by atoms with Gasteiger partial charge < -0.3 is 24.1 Å². The molecule has 9 nitrogen and oxygen atoms in total. The molecule has 2 aromatic carbocycles. The molecule has 1 aliphatic rings. The van der Waals surface area contributed by atoms with Crippen molar-refractivity contribution in [3.05, 3.63) is 80.7 Å². The predicted molar refractivity (Wildman–Crippen MR) is 161 cm³/mol. The second kappa shape index (κ2) is 13.7.